The number of nitrogens with two attached hydrogens (primary N) is 1. The molecule has 1 atom stereocenters. The summed E-state index contributed by atoms with van der Waals surface area (Å²) in [6.07, 6.45) is 4.55. The van der Waals surface area contributed by atoms with Crippen LogP contribution in [0.25, 0.3) is 0 Å². The van der Waals surface area contributed by atoms with E-state index >= 15 is 0 Å². The van der Waals surface area contributed by atoms with Crippen LogP contribution < -0.4 is 11.1 Å². The smallest absolute Gasteiger partial charge is 0.0406 e. The van der Waals surface area contributed by atoms with Gasteiger partial charge in [-0.25, -0.2) is 0 Å². The van der Waals surface area contributed by atoms with E-state index < -0.39 is 0 Å². The van der Waals surface area contributed by atoms with Crippen LogP contribution in [-0.4, -0.2) is 17.6 Å². The lowest BCUT2D eigenvalue weighted by Crippen LogP contribution is -2.37. The third-order valence-electron chi connectivity index (χ3n) is 3.00. The lowest BCUT2D eigenvalue weighted by atomic mass is 10.1. The molecule has 2 aromatic rings. The fourth-order valence-corrected chi connectivity index (χ4v) is 2.03. The van der Waals surface area contributed by atoms with Crippen LogP contribution in [0, 0.1) is 0 Å². The van der Waals surface area contributed by atoms with Gasteiger partial charge in [-0.05, 0) is 35.7 Å². The van der Waals surface area contributed by atoms with Crippen molar-refractivity contribution in [2.75, 3.05) is 6.54 Å². The third kappa shape index (κ3) is 4.63. The van der Waals surface area contributed by atoms with Crippen LogP contribution in [0.3, 0.4) is 0 Å². The summed E-state index contributed by atoms with van der Waals surface area (Å²) in [7, 11) is 0. The second-order valence-corrected chi connectivity index (χ2v) is 4.94. The van der Waals surface area contributed by atoms with Crippen LogP contribution in [-0.2, 0) is 13.0 Å². The van der Waals surface area contributed by atoms with Crippen molar-refractivity contribution < 1.29 is 0 Å². The lowest BCUT2D eigenvalue weighted by molar-refractivity contribution is 0.515. The number of nitrogens with one attached hydrogen (secondary N) is 1. The molecule has 0 aliphatic rings. The van der Waals surface area contributed by atoms with E-state index in [9.17, 15) is 0 Å². The molecule has 4 heteroatoms. The van der Waals surface area contributed by atoms with E-state index in [1.165, 1.54) is 11.1 Å². The standard InChI is InChI=1S/C15H18ClN3/c16-14-5-3-12(4-6-14)11-19-15(9-17)8-13-2-1-7-18-10-13/h1-7,10,15,19H,8-9,11,17H2. The van der Waals surface area contributed by atoms with Gasteiger partial charge in [-0.2, -0.15) is 0 Å². The number of aromatic nitrogens is 1. The predicted octanol–water partition coefficient (Wildman–Crippen LogP) is 2.39. The molecule has 1 aromatic heterocycles. The van der Waals surface area contributed by atoms with Gasteiger partial charge < -0.3 is 11.1 Å². The highest BCUT2D eigenvalue weighted by Gasteiger charge is 2.07. The molecule has 1 aromatic carbocycles. The minimum atomic E-state index is 0.250. The fourth-order valence-electron chi connectivity index (χ4n) is 1.91. The summed E-state index contributed by atoms with van der Waals surface area (Å²) >= 11 is 5.86. The van der Waals surface area contributed by atoms with Gasteiger partial charge in [0, 0.05) is 36.5 Å². The summed E-state index contributed by atoms with van der Waals surface area (Å²) in [4.78, 5) is 4.12. The van der Waals surface area contributed by atoms with Gasteiger partial charge in [0.1, 0.15) is 0 Å². The number of benzene rings is 1. The van der Waals surface area contributed by atoms with Gasteiger partial charge in [-0.15, -0.1) is 0 Å². The van der Waals surface area contributed by atoms with E-state index in [-0.39, 0.29) is 6.04 Å². The van der Waals surface area contributed by atoms with Gasteiger partial charge in [0.2, 0.25) is 0 Å². The molecule has 2 rings (SSSR count). The molecule has 0 spiro atoms. The summed E-state index contributed by atoms with van der Waals surface area (Å²) in [5, 5.41) is 4.22. The van der Waals surface area contributed by atoms with Crippen LogP contribution in [0.15, 0.2) is 48.8 Å². The number of hydrogen-bond donors (Lipinski definition) is 2. The molecule has 3 nitrogen and oxygen atoms in total. The van der Waals surface area contributed by atoms with Crippen LogP contribution in [0.4, 0.5) is 0 Å². The van der Waals surface area contributed by atoms with Crippen LogP contribution in [0.1, 0.15) is 11.1 Å². The Morgan fingerprint density at radius 1 is 1.16 bits per heavy atom. The summed E-state index contributed by atoms with van der Waals surface area (Å²) in [5.74, 6) is 0. The quantitative estimate of drug-likeness (QED) is 0.851. The Labute approximate surface area is 118 Å². The van der Waals surface area contributed by atoms with E-state index in [0.717, 1.165) is 18.0 Å². The molecule has 0 aliphatic heterocycles. The SMILES string of the molecule is NCC(Cc1cccnc1)NCc1ccc(Cl)cc1. The molecule has 0 saturated heterocycles. The number of halogens is 1. The average molecular weight is 276 g/mol. The summed E-state index contributed by atoms with van der Waals surface area (Å²) in [6, 6.07) is 12.1. The second-order valence-electron chi connectivity index (χ2n) is 4.51. The molecule has 0 saturated carbocycles. The molecule has 19 heavy (non-hydrogen) atoms. The molecule has 1 heterocycles. The zero-order valence-electron chi connectivity index (χ0n) is 10.7. The number of pyridine rings is 1. The Bertz CT molecular complexity index is 485. The minimum Gasteiger partial charge on any atom is -0.329 e. The van der Waals surface area contributed by atoms with Gasteiger partial charge in [0.15, 0.2) is 0 Å². The Kier molecular flexibility index (Phi) is 5.33. The first-order valence-electron chi connectivity index (χ1n) is 6.34. The number of nitrogens with zero attached hydrogens (tertiary/aromatic N) is 1. The van der Waals surface area contributed by atoms with Gasteiger partial charge >= 0.3 is 0 Å². The first-order chi connectivity index (χ1) is 9.28. The van der Waals surface area contributed by atoms with Crippen LogP contribution >= 0.6 is 11.6 Å². The molecule has 0 amide bonds. The number of rotatable bonds is 6. The maximum atomic E-state index is 5.86. The monoisotopic (exact) mass is 275 g/mol. The molecule has 0 radical (unpaired) electrons. The fraction of sp³-hybridized carbons (Fsp3) is 0.267. The van der Waals surface area contributed by atoms with Gasteiger partial charge in [-0.3, -0.25) is 4.98 Å². The Balaban J connectivity index is 1.87. The van der Waals surface area contributed by atoms with E-state index in [1.54, 1.807) is 6.20 Å². The molecule has 3 N–H and O–H groups in total. The highest BCUT2D eigenvalue weighted by atomic mass is 35.5. The van der Waals surface area contributed by atoms with E-state index in [1.807, 2.05) is 36.5 Å². The van der Waals surface area contributed by atoms with Crippen molar-refractivity contribution in [3.63, 3.8) is 0 Å². The van der Waals surface area contributed by atoms with Crippen molar-refractivity contribution in [2.45, 2.75) is 19.0 Å². The van der Waals surface area contributed by atoms with Gasteiger partial charge in [0.25, 0.3) is 0 Å². The normalized spacial score (nSPS) is 12.3. The average Bonchev–Trinajstić information content (AvgIpc) is 2.46. The Morgan fingerprint density at radius 3 is 2.58 bits per heavy atom. The summed E-state index contributed by atoms with van der Waals surface area (Å²) in [6.45, 7) is 1.39. The van der Waals surface area contributed by atoms with Crippen molar-refractivity contribution >= 4 is 11.6 Å². The van der Waals surface area contributed by atoms with Crippen molar-refractivity contribution in [1.82, 2.24) is 10.3 Å². The first-order valence-corrected chi connectivity index (χ1v) is 6.72. The van der Waals surface area contributed by atoms with Crippen LogP contribution in [0.5, 0.6) is 0 Å². The van der Waals surface area contributed by atoms with Crippen LogP contribution in [0.2, 0.25) is 5.02 Å². The molecule has 1 unspecified atom stereocenters. The second kappa shape index (κ2) is 7.24. The number of hydrogen-bond acceptors (Lipinski definition) is 3. The zero-order chi connectivity index (χ0) is 13.5. The molecular formula is C15H18ClN3. The molecular weight excluding hydrogens is 258 g/mol. The first kappa shape index (κ1) is 14.0. The molecule has 0 fully saturated rings. The van der Waals surface area contributed by atoms with Crippen molar-refractivity contribution in [3.05, 3.63) is 64.9 Å². The predicted molar refractivity (Wildman–Crippen MR) is 79.1 cm³/mol. The maximum absolute atomic E-state index is 5.86. The Morgan fingerprint density at radius 2 is 1.95 bits per heavy atom. The minimum absolute atomic E-state index is 0.250. The largest absolute Gasteiger partial charge is 0.329 e. The maximum Gasteiger partial charge on any atom is 0.0406 e. The van der Waals surface area contributed by atoms with Crippen molar-refractivity contribution in [1.29, 1.82) is 0 Å². The summed E-state index contributed by atoms with van der Waals surface area (Å²) < 4.78 is 0. The molecule has 100 valence electrons. The van der Waals surface area contributed by atoms with Crippen molar-refractivity contribution in [2.24, 2.45) is 5.73 Å². The Hall–Kier alpha value is -1.42. The van der Waals surface area contributed by atoms with Crippen molar-refractivity contribution in [3.8, 4) is 0 Å². The topological polar surface area (TPSA) is 50.9 Å². The lowest BCUT2D eigenvalue weighted by Gasteiger charge is -2.16. The van der Waals surface area contributed by atoms with E-state index in [4.69, 9.17) is 17.3 Å². The highest BCUT2D eigenvalue weighted by Crippen LogP contribution is 2.09. The van der Waals surface area contributed by atoms with E-state index in [2.05, 4.69) is 16.4 Å². The molecule has 0 aliphatic carbocycles. The van der Waals surface area contributed by atoms with Gasteiger partial charge in [-0.1, -0.05) is 29.8 Å². The van der Waals surface area contributed by atoms with E-state index in [0.29, 0.717) is 6.54 Å². The third-order valence-corrected chi connectivity index (χ3v) is 3.25. The summed E-state index contributed by atoms with van der Waals surface area (Å²) in [5.41, 5.74) is 8.20. The highest BCUT2D eigenvalue weighted by molar-refractivity contribution is 6.30. The molecule has 0 bridgehead atoms. The van der Waals surface area contributed by atoms with Gasteiger partial charge in [0.05, 0.1) is 0 Å². The zero-order valence-corrected chi connectivity index (χ0v) is 11.5.